The molecule has 1 aliphatic heterocycles. The van der Waals surface area contributed by atoms with E-state index in [-0.39, 0.29) is 6.04 Å². The van der Waals surface area contributed by atoms with E-state index >= 15 is 0 Å². The molecule has 172 valence electrons. The molecule has 0 radical (unpaired) electrons. The van der Waals surface area contributed by atoms with Crippen molar-refractivity contribution in [2.45, 2.75) is 76.0 Å². The number of nitrogens with one attached hydrogen (secondary N) is 1. The molecule has 1 aromatic carbocycles. The van der Waals surface area contributed by atoms with Gasteiger partial charge in [-0.1, -0.05) is 18.9 Å². The van der Waals surface area contributed by atoms with Gasteiger partial charge in [-0.05, 0) is 57.6 Å². The molecule has 1 amide bonds. The fourth-order valence-electron chi connectivity index (χ4n) is 5.71. The first-order chi connectivity index (χ1) is 15.2. The second-order valence-corrected chi connectivity index (χ2v) is 9.44. The first-order valence-corrected chi connectivity index (χ1v) is 12.1. The molecule has 0 aromatic heterocycles. The minimum atomic E-state index is -0.134. The quantitative estimate of drug-likeness (QED) is 0.652. The first kappa shape index (κ1) is 22.4. The Morgan fingerprint density at radius 1 is 1.13 bits per heavy atom. The number of nitrogens with zero attached hydrogens (tertiary/aromatic N) is 2. The molecule has 6 heteroatoms. The van der Waals surface area contributed by atoms with Gasteiger partial charge in [-0.15, -0.1) is 0 Å². The predicted molar refractivity (Wildman–Crippen MR) is 123 cm³/mol. The summed E-state index contributed by atoms with van der Waals surface area (Å²) >= 11 is 0. The Morgan fingerprint density at radius 2 is 1.90 bits per heavy atom. The Bertz CT molecular complexity index is 750. The van der Waals surface area contributed by atoms with Gasteiger partial charge in [-0.25, -0.2) is 0 Å². The number of ether oxygens (including phenoxy) is 2. The lowest BCUT2D eigenvalue weighted by molar-refractivity contribution is -0.144. The van der Waals surface area contributed by atoms with Crippen LogP contribution in [0.4, 0.5) is 0 Å². The molecule has 1 saturated heterocycles. The fraction of sp³-hybridized carbons (Fsp3) is 0.720. The number of likely N-dealkylation sites (N-methyl/N-ethyl adjacent to an activating group) is 1. The number of rotatable bonds is 9. The molecule has 6 nitrogen and oxygen atoms in total. The standard InChI is InChI=1S/C25H39N3O3/c1-26-16-23(25(29)27-14-6-8-18-7-4-5-9-22(18)27)28(20-11-12-20)17-19-10-13-21(30-2)15-24(19)31-3/h10,13,15,18,20,22-23,26H,4-9,11-12,14,16-17H2,1-3H3/t18-,22-,23+/m0/s1. The maximum absolute atomic E-state index is 14.0. The Morgan fingerprint density at radius 3 is 2.61 bits per heavy atom. The topological polar surface area (TPSA) is 54.0 Å². The van der Waals surface area contributed by atoms with Crippen molar-refractivity contribution >= 4 is 5.91 Å². The average Bonchev–Trinajstić information content (AvgIpc) is 3.66. The van der Waals surface area contributed by atoms with Crippen molar-refractivity contribution in [3.63, 3.8) is 0 Å². The van der Waals surface area contributed by atoms with E-state index in [1.54, 1.807) is 14.2 Å². The molecule has 1 N–H and O–H groups in total. The number of fused-ring (bicyclic) bond motifs is 1. The summed E-state index contributed by atoms with van der Waals surface area (Å²) in [5.74, 6) is 2.65. The first-order valence-electron chi connectivity index (χ1n) is 12.1. The Kier molecular flexibility index (Phi) is 7.39. The van der Waals surface area contributed by atoms with Crippen molar-refractivity contribution in [2.75, 3.05) is 34.4 Å². The highest BCUT2D eigenvalue weighted by Crippen LogP contribution is 2.38. The maximum Gasteiger partial charge on any atom is 0.241 e. The number of benzene rings is 1. The van der Waals surface area contributed by atoms with Crippen molar-refractivity contribution in [1.82, 2.24) is 15.1 Å². The van der Waals surface area contributed by atoms with Gasteiger partial charge in [0.2, 0.25) is 5.91 Å². The Balaban J connectivity index is 1.56. The van der Waals surface area contributed by atoms with Crippen LogP contribution in [0.3, 0.4) is 0 Å². The molecular weight excluding hydrogens is 390 g/mol. The minimum absolute atomic E-state index is 0.134. The lowest BCUT2D eigenvalue weighted by Crippen LogP contribution is -2.58. The van der Waals surface area contributed by atoms with Crippen LogP contribution in [-0.4, -0.2) is 68.2 Å². The second kappa shape index (κ2) is 10.2. The molecule has 2 aliphatic carbocycles. The lowest BCUT2D eigenvalue weighted by atomic mass is 9.78. The summed E-state index contributed by atoms with van der Waals surface area (Å²) in [4.78, 5) is 18.6. The zero-order valence-electron chi connectivity index (χ0n) is 19.4. The number of piperidine rings is 1. The molecule has 4 rings (SSSR count). The van der Waals surface area contributed by atoms with E-state index in [4.69, 9.17) is 9.47 Å². The lowest BCUT2D eigenvalue weighted by Gasteiger charge is -2.46. The van der Waals surface area contributed by atoms with Gasteiger partial charge in [0.05, 0.1) is 14.2 Å². The normalized spacial score (nSPS) is 24.6. The summed E-state index contributed by atoms with van der Waals surface area (Å²) in [7, 11) is 5.33. The third kappa shape index (κ3) is 5.01. The van der Waals surface area contributed by atoms with E-state index in [0.29, 0.717) is 30.5 Å². The molecule has 31 heavy (non-hydrogen) atoms. The summed E-state index contributed by atoms with van der Waals surface area (Å²) in [6, 6.07) is 6.78. The summed E-state index contributed by atoms with van der Waals surface area (Å²) in [5, 5.41) is 3.32. The number of likely N-dealkylation sites (tertiary alicyclic amines) is 1. The smallest absolute Gasteiger partial charge is 0.241 e. The van der Waals surface area contributed by atoms with Crippen LogP contribution in [0.5, 0.6) is 11.5 Å². The summed E-state index contributed by atoms with van der Waals surface area (Å²) in [6.45, 7) is 2.32. The van der Waals surface area contributed by atoms with E-state index in [9.17, 15) is 4.79 Å². The molecular formula is C25H39N3O3. The summed E-state index contributed by atoms with van der Waals surface area (Å²) in [6.07, 6.45) is 9.83. The third-order valence-corrected chi connectivity index (χ3v) is 7.47. The van der Waals surface area contributed by atoms with Crippen LogP contribution in [0.1, 0.15) is 56.9 Å². The Hall–Kier alpha value is -1.79. The molecule has 1 aromatic rings. The maximum atomic E-state index is 14.0. The number of hydrogen-bond acceptors (Lipinski definition) is 5. The monoisotopic (exact) mass is 429 g/mol. The Labute approximate surface area is 187 Å². The number of methoxy groups -OCH3 is 2. The average molecular weight is 430 g/mol. The van der Waals surface area contributed by atoms with E-state index < -0.39 is 0 Å². The number of hydrogen-bond donors (Lipinski definition) is 1. The largest absolute Gasteiger partial charge is 0.497 e. The van der Waals surface area contributed by atoms with Crippen molar-refractivity contribution in [3.8, 4) is 11.5 Å². The molecule has 3 fully saturated rings. The number of carbonyl (C=O) groups excluding carboxylic acids is 1. The van der Waals surface area contributed by atoms with Crippen molar-refractivity contribution < 1.29 is 14.3 Å². The fourth-order valence-corrected chi connectivity index (χ4v) is 5.71. The molecule has 1 heterocycles. The van der Waals surface area contributed by atoms with E-state index in [2.05, 4.69) is 21.2 Å². The van der Waals surface area contributed by atoms with Gasteiger partial charge in [-0.3, -0.25) is 9.69 Å². The van der Waals surface area contributed by atoms with Crippen molar-refractivity contribution in [3.05, 3.63) is 23.8 Å². The van der Waals surface area contributed by atoms with Crippen LogP contribution in [-0.2, 0) is 11.3 Å². The number of carbonyl (C=O) groups is 1. The van der Waals surface area contributed by atoms with E-state index in [1.165, 1.54) is 32.1 Å². The highest BCUT2D eigenvalue weighted by Gasteiger charge is 2.43. The van der Waals surface area contributed by atoms with Crippen molar-refractivity contribution in [1.29, 1.82) is 0 Å². The SMILES string of the molecule is CNC[C@H](C(=O)N1CCC[C@@H]2CCCC[C@@H]21)N(Cc1ccc(OC)cc1OC)C1CC1. The molecule has 2 saturated carbocycles. The highest BCUT2D eigenvalue weighted by atomic mass is 16.5. The van der Waals surface area contributed by atoms with Crippen LogP contribution in [0.25, 0.3) is 0 Å². The van der Waals surface area contributed by atoms with Gasteiger partial charge in [0.1, 0.15) is 17.5 Å². The van der Waals surface area contributed by atoms with Gasteiger partial charge < -0.3 is 19.7 Å². The van der Waals surface area contributed by atoms with Crippen LogP contribution in [0, 0.1) is 5.92 Å². The van der Waals surface area contributed by atoms with Gasteiger partial charge >= 0.3 is 0 Å². The van der Waals surface area contributed by atoms with Gasteiger partial charge in [0, 0.05) is 43.3 Å². The van der Waals surface area contributed by atoms with Gasteiger partial charge in [0.25, 0.3) is 0 Å². The van der Waals surface area contributed by atoms with Crippen LogP contribution < -0.4 is 14.8 Å². The molecule has 3 atom stereocenters. The minimum Gasteiger partial charge on any atom is -0.497 e. The predicted octanol–water partition coefficient (Wildman–Crippen LogP) is 3.44. The molecule has 0 bridgehead atoms. The zero-order chi connectivity index (χ0) is 21.8. The molecule has 0 unspecified atom stereocenters. The van der Waals surface area contributed by atoms with Gasteiger partial charge in [-0.2, -0.15) is 0 Å². The van der Waals surface area contributed by atoms with Crippen LogP contribution in [0.15, 0.2) is 18.2 Å². The van der Waals surface area contributed by atoms with Crippen molar-refractivity contribution in [2.24, 2.45) is 5.92 Å². The van der Waals surface area contributed by atoms with Crippen LogP contribution >= 0.6 is 0 Å². The highest BCUT2D eigenvalue weighted by molar-refractivity contribution is 5.83. The summed E-state index contributed by atoms with van der Waals surface area (Å²) < 4.78 is 11.0. The van der Waals surface area contributed by atoms with Gasteiger partial charge in [0.15, 0.2) is 0 Å². The second-order valence-electron chi connectivity index (χ2n) is 9.44. The van der Waals surface area contributed by atoms with E-state index in [1.807, 2.05) is 19.2 Å². The van der Waals surface area contributed by atoms with Crippen LogP contribution in [0.2, 0.25) is 0 Å². The summed E-state index contributed by atoms with van der Waals surface area (Å²) in [5.41, 5.74) is 1.11. The zero-order valence-corrected chi connectivity index (χ0v) is 19.4. The van der Waals surface area contributed by atoms with E-state index in [0.717, 1.165) is 49.4 Å². The molecule has 3 aliphatic rings. The number of amides is 1. The molecule has 0 spiro atoms. The third-order valence-electron chi connectivity index (χ3n) is 7.47.